The fourth-order valence-corrected chi connectivity index (χ4v) is 8.31. The average Bonchev–Trinajstić information content (AvgIpc) is 3.59. The number of amides is 10. The van der Waals surface area contributed by atoms with E-state index in [0.29, 0.717) is 11.1 Å². The number of hydrogen-bond acceptors (Lipinski definition) is 13. The van der Waals surface area contributed by atoms with Crippen molar-refractivity contribution >= 4 is 65.2 Å². The number of hydrogen-bond donors (Lipinski definition) is 10. The van der Waals surface area contributed by atoms with E-state index in [2.05, 4.69) is 53.2 Å². The van der Waals surface area contributed by atoms with Crippen molar-refractivity contribution < 1.29 is 62.2 Å². The maximum Gasteiger partial charge on any atom is 0.408 e. The number of rotatable bonds is 30. The van der Waals surface area contributed by atoms with Gasteiger partial charge >= 0.3 is 12.1 Å². The standard InChI is InChI=1S/C60H94N10O13/c1-34(2)29-41(51(76)70-60(16,17)55(80)82-18)63-47(72)37(7)61-46(71)38(8)62-53(78)58(12,13)68-50(75)42(30-35(3)4)64-48(73)44(32-39-25-21-19-22-26-39)65-49(74)45(33-40-27-23-20-24-28-40)66-54(79)59(14,15)69-52(77)43(31-36(5)6)67-56(81)83-57(9,10)11/h19-28,34-38,41-45H,29-33H2,1-18H3,(H,61,71)(H,62,78)(H,63,72)(H,64,73)(H,65,74)(H,66,79)(H,67,81)(H,68,75)(H,69,77)(H,70,76)/t37-,38-,41-,42-,43-,44-,45-/m0/s1. The Balaban J connectivity index is 2.35. The average molecular weight is 1160 g/mol. The summed E-state index contributed by atoms with van der Waals surface area (Å²) in [5.41, 5.74) is -4.27. The molecule has 0 saturated heterocycles. The van der Waals surface area contributed by atoms with Gasteiger partial charge in [0.2, 0.25) is 53.2 Å². The Morgan fingerprint density at radius 2 is 0.711 bits per heavy atom. The highest BCUT2D eigenvalue weighted by atomic mass is 16.6. The highest BCUT2D eigenvalue weighted by Gasteiger charge is 2.40. The summed E-state index contributed by atoms with van der Waals surface area (Å²) in [6, 6.07) is 9.13. The second-order valence-corrected chi connectivity index (χ2v) is 24.9. The Bertz CT molecular complexity index is 2560. The Morgan fingerprint density at radius 1 is 0.386 bits per heavy atom. The van der Waals surface area contributed by atoms with Gasteiger partial charge in [0, 0.05) is 12.8 Å². The van der Waals surface area contributed by atoms with Gasteiger partial charge < -0.3 is 62.6 Å². The molecule has 0 radical (unpaired) electrons. The maximum absolute atomic E-state index is 14.6. The zero-order valence-corrected chi connectivity index (χ0v) is 51.9. The number of benzene rings is 2. The normalized spacial score (nSPS) is 14.4. The van der Waals surface area contributed by atoms with Gasteiger partial charge in [-0.25, -0.2) is 9.59 Å². The zero-order valence-electron chi connectivity index (χ0n) is 51.9. The molecule has 0 aliphatic rings. The first-order chi connectivity index (χ1) is 38.3. The highest BCUT2D eigenvalue weighted by Crippen LogP contribution is 2.16. The number of esters is 1. The van der Waals surface area contributed by atoms with Crippen molar-refractivity contribution in [2.24, 2.45) is 17.8 Å². The van der Waals surface area contributed by atoms with Crippen molar-refractivity contribution in [1.82, 2.24) is 53.2 Å². The van der Waals surface area contributed by atoms with Crippen molar-refractivity contribution in [3.05, 3.63) is 71.8 Å². The predicted octanol–water partition coefficient (Wildman–Crippen LogP) is 3.31. The lowest BCUT2D eigenvalue weighted by Gasteiger charge is -2.32. The molecule has 0 aliphatic carbocycles. The SMILES string of the molecule is COC(=O)C(C)(C)NC(=O)[C@H](CC(C)C)NC(=O)[C@H](C)NC(=O)[C@H](C)NC(=O)C(C)(C)NC(=O)[C@H](CC(C)C)NC(=O)[C@H](Cc1ccccc1)NC(=O)[C@H](Cc1ccccc1)NC(=O)C(C)(C)NC(=O)[C@H](CC(C)C)NC(=O)OC(C)(C)C. The van der Waals surface area contributed by atoms with Gasteiger partial charge in [0.1, 0.15) is 64.5 Å². The first-order valence-electron chi connectivity index (χ1n) is 28.2. The molecule has 0 saturated carbocycles. The molecule has 10 N–H and O–H groups in total. The Hall–Kier alpha value is -7.59. The number of nitrogens with one attached hydrogen (secondary N) is 10. The van der Waals surface area contributed by atoms with Gasteiger partial charge in [0.15, 0.2) is 0 Å². The summed E-state index contributed by atoms with van der Waals surface area (Å²) < 4.78 is 10.2. The van der Waals surface area contributed by atoms with Gasteiger partial charge in [-0.2, -0.15) is 0 Å². The molecule has 0 fully saturated rings. The van der Waals surface area contributed by atoms with E-state index in [1.54, 1.807) is 81.4 Å². The van der Waals surface area contributed by atoms with Gasteiger partial charge in [-0.1, -0.05) is 102 Å². The molecule has 7 atom stereocenters. The molecule has 0 unspecified atom stereocenters. The monoisotopic (exact) mass is 1160 g/mol. The second-order valence-electron chi connectivity index (χ2n) is 24.9. The molecule has 462 valence electrons. The van der Waals surface area contributed by atoms with E-state index in [4.69, 9.17) is 9.47 Å². The number of carbonyl (C=O) groups excluding carboxylic acids is 11. The van der Waals surface area contributed by atoms with Gasteiger partial charge in [-0.15, -0.1) is 0 Å². The molecule has 2 aromatic carbocycles. The van der Waals surface area contributed by atoms with Crippen LogP contribution in [0.1, 0.15) is 148 Å². The largest absolute Gasteiger partial charge is 0.467 e. The summed E-state index contributed by atoms with van der Waals surface area (Å²) in [4.78, 5) is 150. The van der Waals surface area contributed by atoms with Crippen molar-refractivity contribution in [1.29, 1.82) is 0 Å². The Labute approximate surface area is 490 Å². The third-order valence-corrected chi connectivity index (χ3v) is 12.8. The molecule has 0 spiro atoms. The highest BCUT2D eigenvalue weighted by molar-refractivity contribution is 6.00. The van der Waals surface area contributed by atoms with E-state index in [1.807, 2.05) is 41.5 Å². The molecule has 10 amide bonds. The molecule has 0 aromatic heterocycles. The van der Waals surface area contributed by atoms with Crippen molar-refractivity contribution in [3.63, 3.8) is 0 Å². The van der Waals surface area contributed by atoms with Crippen LogP contribution in [0.15, 0.2) is 60.7 Å². The molecule has 0 bridgehead atoms. The number of methoxy groups -OCH3 is 1. The molecule has 23 heteroatoms. The van der Waals surface area contributed by atoms with Crippen LogP contribution >= 0.6 is 0 Å². The van der Waals surface area contributed by atoms with Crippen LogP contribution < -0.4 is 53.2 Å². The first-order valence-corrected chi connectivity index (χ1v) is 28.2. The quantitative estimate of drug-likeness (QED) is 0.0503. The van der Waals surface area contributed by atoms with Crippen LogP contribution in [0.4, 0.5) is 4.79 Å². The zero-order chi connectivity index (χ0) is 63.4. The lowest BCUT2D eigenvalue weighted by molar-refractivity contribution is -0.149. The van der Waals surface area contributed by atoms with Crippen LogP contribution in [0.3, 0.4) is 0 Å². The van der Waals surface area contributed by atoms with Crippen LogP contribution in [-0.2, 0) is 70.3 Å². The molecular weight excluding hydrogens is 1070 g/mol. The molecule has 2 rings (SSSR count). The summed E-state index contributed by atoms with van der Waals surface area (Å²) >= 11 is 0. The summed E-state index contributed by atoms with van der Waals surface area (Å²) in [7, 11) is 1.18. The fourth-order valence-electron chi connectivity index (χ4n) is 8.31. The number of alkyl carbamates (subject to hydrolysis) is 1. The summed E-state index contributed by atoms with van der Waals surface area (Å²) in [6.07, 6.45) is -0.401. The van der Waals surface area contributed by atoms with Crippen molar-refractivity contribution in [2.75, 3.05) is 7.11 Å². The van der Waals surface area contributed by atoms with E-state index in [0.717, 1.165) is 0 Å². The van der Waals surface area contributed by atoms with Crippen LogP contribution in [0, 0.1) is 17.8 Å². The predicted molar refractivity (Wildman–Crippen MR) is 313 cm³/mol. The van der Waals surface area contributed by atoms with Gasteiger partial charge in [-0.3, -0.25) is 43.2 Å². The lowest BCUT2D eigenvalue weighted by atomic mass is 9.97. The molecular formula is C60H94N10O13. The number of carbonyl (C=O) groups is 11. The molecule has 0 aliphatic heterocycles. The molecule has 2 aromatic rings. The van der Waals surface area contributed by atoms with Gasteiger partial charge in [-0.05, 0) is 124 Å². The van der Waals surface area contributed by atoms with Crippen molar-refractivity contribution in [2.45, 2.75) is 214 Å². The molecule has 23 nitrogen and oxygen atoms in total. The Morgan fingerprint density at radius 3 is 1.10 bits per heavy atom. The fraction of sp³-hybridized carbons (Fsp3) is 0.617. The Kier molecular flexibility index (Phi) is 27.3. The molecule has 83 heavy (non-hydrogen) atoms. The van der Waals surface area contributed by atoms with Crippen LogP contribution in [0.5, 0.6) is 0 Å². The van der Waals surface area contributed by atoms with Crippen molar-refractivity contribution in [3.8, 4) is 0 Å². The van der Waals surface area contributed by atoms with E-state index in [1.165, 1.54) is 62.5 Å². The van der Waals surface area contributed by atoms with Gasteiger partial charge in [0.25, 0.3) is 0 Å². The third-order valence-electron chi connectivity index (χ3n) is 12.8. The minimum absolute atomic E-state index is 0.0407. The number of ether oxygens (including phenoxy) is 2. The summed E-state index contributed by atoms with van der Waals surface area (Å²) in [5, 5.41) is 26.7. The maximum atomic E-state index is 14.6. The summed E-state index contributed by atoms with van der Waals surface area (Å²) in [5.74, 6) is -7.59. The smallest absolute Gasteiger partial charge is 0.408 e. The minimum atomic E-state index is -1.69. The van der Waals surface area contributed by atoms with Crippen LogP contribution in [-0.4, -0.2) is 137 Å². The van der Waals surface area contributed by atoms with E-state index in [-0.39, 0.29) is 49.9 Å². The topological polar surface area (TPSA) is 327 Å². The second kappa shape index (κ2) is 31.7. The van der Waals surface area contributed by atoms with E-state index >= 15 is 0 Å². The van der Waals surface area contributed by atoms with Crippen LogP contribution in [0.2, 0.25) is 0 Å². The van der Waals surface area contributed by atoms with Crippen LogP contribution in [0.25, 0.3) is 0 Å². The third kappa shape index (κ3) is 25.2. The molecule has 0 heterocycles. The van der Waals surface area contributed by atoms with E-state index < -0.39 is 130 Å². The van der Waals surface area contributed by atoms with Gasteiger partial charge in [0.05, 0.1) is 7.11 Å². The minimum Gasteiger partial charge on any atom is -0.467 e. The lowest BCUT2D eigenvalue weighted by Crippen LogP contribution is -2.64. The summed E-state index contributed by atoms with van der Waals surface area (Å²) in [6.45, 7) is 27.5. The first kappa shape index (κ1) is 71.5. The van der Waals surface area contributed by atoms with E-state index in [9.17, 15) is 52.7 Å².